The lowest BCUT2D eigenvalue weighted by Crippen LogP contribution is -2.44. The van der Waals surface area contributed by atoms with Crippen LogP contribution in [0.1, 0.15) is 68.1 Å². The first-order valence-electron chi connectivity index (χ1n) is 12.0. The molecule has 3 aliphatic rings. The van der Waals surface area contributed by atoms with Gasteiger partial charge in [-0.2, -0.15) is 0 Å². The fraction of sp³-hybridized carbons (Fsp3) is 0.536. The van der Waals surface area contributed by atoms with Crippen molar-refractivity contribution in [3.05, 3.63) is 65.2 Å². The summed E-state index contributed by atoms with van der Waals surface area (Å²) in [7, 11) is 0. The van der Waals surface area contributed by atoms with Gasteiger partial charge in [0.2, 0.25) is 0 Å². The van der Waals surface area contributed by atoms with E-state index in [1.54, 1.807) is 0 Å². The molecule has 0 amide bonds. The van der Waals surface area contributed by atoms with Crippen LogP contribution in [0.15, 0.2) is 48.5 Å². The number of hydrogen-bond acceptors (Lipinski definition) is 3. The third-order valence-corrected chi connectivity index (χ3v) is 8.52. The highest BCUT2D eigenvalue weighted by Gasteiger charge is 2.58. The predicted octanol–water partition coefficient (Wildman–Crippen LogP) is 5.69. The molecule has 0 aromatic heterocycles. The summed E-state index contributed by atoms with van der Waals surface area (Å²) in [6.45, 7) is 3.07. The Bertz CT molecular complexity index is 937. The third-order valence-electron chi connectivity index (χ3n) is 8.52. The highest BCUT2D eigenvalue weighted by molar-refractivity contribution is 5.87. The number of ketones is 1. The van der Waals surface area contributed by atoms with Gasteiger partial charge < -0.3 is 9.84 Å². The Morgan fingerprint density at radius 1 is 1.13 bits per heavy atom. The van der Waals surface area contributed by atoms with Gasteiger partial charge in [0.15, 0.2) is 0 Å². The Labute approximate surface area is 185 Å². The van der Waals surface area contributed by atoms with E-state index in [4.69, 9.17) is 4.74 Å². The SMILES string of the molecule is C[C@]12CCC3c4ccc(OCc5ccccc5)cc4CCC3C1C(CCCO)CC2=O. The number of carbonyl (C=O) groups is 1. The molecule has 164 valence electrons. The molecule has 2 saturated carbocycles. The number of rotatable bonds is 6. The molecule has 2 fully saturated rings. The van der Waals surface area contributed by atoms with Crippen LogP contribution >= 0.6 is 0 Å². The van der Waals surface area contributed by atoms with Crippen molar-refractivity contribution in [3.8, 4) is 5.75 Å². The van der Waals surface area contributed by atoms with E-state index in [2.05, 4.69) is 37.3 Å². The minimum absolute atomic E-state index is 0.141. The maximum atomic E-state index is 13.0. The number of benzene rings is 2. The van der Waals surface area contributed by atoms with E-state index in [0.29, 0.717) is 36.1 Å². The van der Waals surface area contributed by atoms with Crippen LogP contribution in [0, 0.1) is 23.2 Å². The lowest BCUT2D eigenvalue weighted by atomic mass is 9.54. The van der Waals surface area contributed by atoms with Gasteiger partial charge in [0.1, 0.15) is 18.1 Å². The lowest BCUT2D eigenvalue weighted by Gasteiger charge is -2.50. The molecule has 2 aromatic carbocycles. The van der Waals surface area contributed by atoms with Crippen LogP contribution in [0.5, 0.6) is 5.75 Å². The molecule has 3 aliphatic carbocycles. The maximum absolute atomic E-state index is 13.0. The van der Waals surface area contributed by atoms with Crippen molar-refractivity contribution in [2.75, 3.05) is 6.61 Å². The number of fused-ring (bicyclic) bond motifs is 5. The second-order valence-corrected chi connectivity index (χ2v) is 10.2. The minimum Gasteiger partial charge on any atom is -0.489 e. The lowest BCUT2D eigenvalue weighted by molar-refractivity contribution is -0.129. The van der Waals surface area contributed by atoms with E-state index in [1.165, 1.54) is 23.1 Å². The second kappa shape index (κ2) is 8.43. The molecule has 5 rings (SSSR count). The Hall–Kier alpha value is -2.13. The average Bonchev–Trinajstić information content (AvgIpc) is 3.06. The number of aliphatic hydroxyl groups is 1. The molecule has 3 heteroatoms. The molecule has 0 saturated heterocycles. The van der Waals surface area contributed by atoms with Crippen molar-refractivity contribution in [1.82, 2.24) is 0 Å². The van der Waals surface area contributed by atoms with Gasteiger partial charge in [0.05, 0.1) is 0 Å². The fourth-order valence-electron chi connectivity index (χ4n) is 7.07. The first-order chi connectivity index (χ1) is 15.1. The Kier molecular flexibility index (Phi) is 5.64. The zero-order chi connectivity index (χ0) is 21.4. The van der Waals surface area contributed by atoms with Crippen molar-refractivity contribution in [3.63, 3.8) is 0 Å². The van der Waals surface area contributed by atoms with Gasteiger partial charge >= 0.3 is 0 Å². The standard InChI is InChI=1S/C28H34O3/c1-28-14-13-24-23-12-10-22(31-18-19-6-3-2-4-7-19)16-20(23)9-11-25(24)27(28)21(8-5-15-29)17-26(28)30/h2-4,6-7,10,12,16,21,24-25,27,29H,5,8-9,11,13-15,17-18H2,1H3/t21?,24?,25?,27?,28-/m1/s1. The zero-order valence-corrected chi connectivity index (χ0v) is 18.6. The molecule has 4 unspecified atom stereocenters. The predicted molar refractivity (Wildman–Crippen MR) is 122 cm³/mol. The maximum Gasteiger partial charge on any atom is 0.139 e. The molecule has 1 N–H and O–H groups in total. The van der Waals surface area contributed by atoms with E-state index < -0.39 is 0 Å². The van der Waals surface area contributed by atoms with Gasteiger partial charge in [-0.3, -0.25) is 4.79 Å². The van der Waals surface area contributed by atoms with Crippen LogP contribution in [-0.2, 0) is 17.8 Å². The number of aliphatic hydroxyl groups excluding tert-OH is 1. The quantitative estimate of drug-likeness (QED) is 0.655. The number of hydrogen-bond donors (Lipinski definition) is 1. The fourth-order valence-corrected chi connectivity index (χ4v) is 7.07. The highest BCUT2D eigenvalue weighted by Crippen LogP contribution is 2.62. The van der Waals surface area contributed by atoms with E-state index in [9.17, 15) is 9.90 Å². The zero-order valence-electron chi connectivity index (χ0n) is 18.6. The normalized spacial score (nSPS) is 31.6. The molecule has 0 bridgehead atoms. The number of ether oxygens (including phenoxy) is 1. The van der Waals surface area contributed by atoms with Crippen LogP contribution < -0.4 is 4.74 Å². The summed E-state index contributed by atoms with van der Waals surface area (Å²) < 4.78 is 6.09. The van der Waals surface area contributed by atoms with Crippen molar-refractivity contribution < 1.29 is 14.6 Å². The smallest absolute Gasteiger partial charge is 0.139 e. The van der Waals surface area contributed by atoms with Gasteiger partial charge in [-0.1, -0.05) is 43.3 Å². The molecule has 0 aliphatic heterocycles. The summed E-state index contributed by atoms with van der Waals surface area (Å²) in [5, 5.41) is 9.36. The highest BCUT2D eigenvalue weighted by atomic mass is 16.5. The molecule has 0 spiro atoms. The Morgan fingerprint density at radius 2 is 1.97 bits per heavy atom. The van der Waals surface area contributed by atoms with Crippen LogP contribution in [0.2, 0.25) is 0 Å². The third kappa shape index (κ3) is 3.71. The van der Waals surface area contributed by atoms with Gasteiger partial charge in [-0.25, -0.2) is 0 Å². The monoisotopic (exact) mass is 418 g/mol. The van der Waals surface area contributed by atoms with Gasteiger partial charge in [0.25, 0.3) is 0 Å². The van der Waals surface area contributed by atoms with Gasteiger partial charge in [-0.15, -0.1) is 0 Å². The molecule has 0 radical (unpaired) electrons. The van der Waals surface area contributed by atoms with Crippen LogP contribution in [-0.4, -0.2) is 17.5 Å². The van der Waals surface area contributed by atoms with E-state index in [1.807, 2.05) is 18.2 Å². The summed E-state index contributed by atoms with van der Waals surface area (Å²) in [6, 6.07) is 17.0. The van der Waals surface area contributed by atoms with Crippen LogP contribution in [0.25, 0.3) is 0 Å². The Balaban J connectivity index is 1.35. The number of aryl methyl sites for hydroxylation is 1. The molecule has 2 aromatic rings. The molecule has 5 atom stereocenters. The summed E-state index contributed by atoms with van der Waals surface area (Å²) in [4.78, 5) is 13.0. The van der Waals surface area contributed by atoms with E-state index >= 15 is 0 Å². The van der Waals surface area contributed by atoms with Crippen molar-refractivity contribution in [2.24, 2.45) is 23.2 Å². The summed E-state index contributed by atoms with van der Waals surface area (Å²) in [5.41, 5.74) is 3.97. The van der Waals surface area contributed by atoms with Crippen LogP contribution in [0.3, 0.4) is 0 Å². The average molecular weight is 419 g/mol. The van der Waals surface area contributed by atoms with Crippen LogP contribution in [0.4, 0.5) is 0 Å². The molecule has 31 heavy (non-hydrogen) atoms. The minimum atomic E-state index is -0.141. The first-order valence-corrected chi connectivity index (χ1v) is 12.0. The summed E-state index contributed by atoms with van der Waals surface area (Å²) >= 11 is 0. The summed E-state index contributed by atoms with van der Waals surface area (Å²) in [6.07, 6.45) is 6.91. The second-order valence-electron chi connectivity index (χ2n) is 10.2. The molecular weight excluding hydrogens is 384 g/mol. The van der Waals surface area contributed by atoms with Crippen molar-refractivity contribution in [2.45, 2.75) is 64.4 Å². The number of Topliss-reactive ketones (excluding diaryl/α,β-unsaturated/α-hetero) is 1. The molecule has 0 heterocycles. The van der Waals surface area contributed by atoms with E-state index in [-0.39, 0.29) is 12.0 Å². The molecular formula is C28H34O3. The van der Waals surface area contributed by atoms with Gasteiger partial charge in [-0.05, 0) is 91.0 Å². The largest absolute Gasteiger partial charge is 0.489 e. The van der Waals surface area contributed by atoms with E-state index in [0.717, 1.165) is 44.3 Å². The summed E-state index contributed by atoms with van der Waals surface area (Å²) in [5.74, 6) is 3.53. The Morgan fingerprint density at radius 3 is 2.77 bits per heavy atom. The first kappa shape index (κ1) is 20.8. The van der Waals surface area contributed by atoms with Crippen molar-refractivity contribution >= 4 is 5.78 Å². The topological polar surface area (TPSA) is 46.5 Å². The molecule has 3 nitrogen and oxygen atoms in total. The van der Waals surface area contributed by atoms with Crippen molar-refractivity contribution in [1.29, 1.82) is 0 Å². The number of carbonyl (C=O) groups excluding carboxylic acids is 1. The van der Waals surface area contributed by atoms with Gasteiger partial charge in [0, 0.05) is 18.4 Å².